The molecule has 1 saturated carbocycles. The fraction of sp³-hybridized carbons (Fsp3) is 0.800. The van der Waals surface area contributed by atoms with E-state index in [2.05, 4.69) is 10.3 Å². The summed E-state index contributed by atoms with van der Waals surface area (Å²) >= 11 is 0. The minimum absolute atomic E-state index is 0.0793. The second-order valence-corrected chi connectivity index (χ2v) is 8.08. The van der Waals surface area contributed by atoms with Gasteiger partial charge in [0, 0.05) is 31.3 Å². The van der Waals surface area contributed by atoms with Gasteiger partial charge in [0.05, 0.1) is 19.3 Å². The molecule has 0 bridgehead atoms. The zero-order chi connectivity index (χ0) is 20.9. The van der Waals surface area contributed by atoms with E-state index in [1.54, 1.807) is 6.92 Å². The highest BCUT2D eigenvalue weighted by Crippen LogP contribution is 2.38. The zero-order valence-electron chi connectivity index (χ0n) is 17.1. The van der Waals surface area contributed by atoms with Crippen LogP contribution in [-0.4, -0.2) is 64.4 Å². The summed E-state index contributed by atoms with van der Waals surface area (Å²) in [5.41, 5.74) is -2.05. The van der Waals surface area contributed by atoms with Crippen LogP contribution < -0.4 is 16.6 Å². The van der Waals surface area contributed by atoms with Crippen molar-refractivity contribution in [1.29, 1.82) is 0 Å². The Morgan fingerprint density at radius 3 is 2.38 bits per heavy atom. The van der Waals surface area contributed by atoms with Crippen LogP contribution in [0, 0.1) is 6.92 Å². The molecule has 0 aromatic carbocycles. The van der Waals surface area contributed by atoms with E-state index < -0.39 is 35.3 Å². The van der Waals surface area contributed by atoms with Gasteiger partial charge in [-0.3, -0.25) is 14.3 Å². The first-order valence-electron chi connectivity index (χ1n) is 10.6. The third kappa shape index (κ3) is 4.97. The second kappa shape index (κ2) is 9.99. The van der Waals surface area contributed by atoms with Crippen molar-refractivity contribution >= 4 is 0 Å². The van der Waals surface area contributed by atoms with E-state index in [0.717, 1.165) is 0 Å². The Hall–Kier alpha value is -1.52. The molecule has 2 aliphatic heterocycles. The maximum absolute atomic E-state index is 12.3. The number of aryl methyl sites for hydroxylation is 1. The normalized spacial score (nSPS) is 32.4. The van der Waals surface area contributed by atoms with Crippen LogP contribution in [0.15, 0.2) is 15.8 Å². The third-order valence-corrected chi connectivity index (χ3v) is 5.92. The standard InChI is InChI=1S/C14H21N3O6.C6H12/c1-8-6-17(13(21)16-12(8)20)14(11-5-15-2-3-22-11)4-9(19)10(7-18)23-14;1-2-4-6-5-3-1/h6,9-11,15,18-19H,2-5,7H2,1H3,(H,16,20,21);1-6H2/t9-,10+,11?,14-;/m0./s1. The number of hydrogen-bond acceptors (Lipinski definition) is 7. The van der Waals surface area contributed by atoms with Gasteiger partial charge in [-0.1, -0.05) is 38.5 Å². The molecule has 4 N–H and O–H groups in total. The summed E-state index contributed by atoms with van der Waals surface area (Å²) in [4.78, 5) is 26.2. The molecule has 1 aromatic heterocycles. The number of aromatic nitrogens is 2. The summed E-state index contributed by atoms with van der Waals surface area (Å²) < 4.78 is 12.9. The number of aromatic amines is 1. The molecule has 3 fully saturated rings. The van der Waals surface area contributed by atoms with Gasteiger partial charge in [-0.05, 0) is 6.92 Å². The summed E-state index contributed by atoms with van der Waals surface area (Å²) in [7, 11) is 0. The summed E-state index contributed by atoms with van der Waals surface area (Å²) in [6.07, 6.45) is 8.19. The fourth-order valence-corrected chi connectivity index (χ4v) is 4.26. The Morgan fingerprint density at radius 1 is 1.21 bits per heavy atom. The lowest BCUT2D eigenvalue weighted by atomic mass is 9.99. The summed E-state index contributed by atoms with van der Waals surface area (Å²) in [6.45, 7) is 2.75. The molecule has 29 heavy (non-hydrogen) atoms. The minimum Gasteiger partial charge on any atom is -0.394 e. The SMILES string of the molecule is C1CCCCC1.Cc1cn([C@@]2(C3CNCCO3)C[C@H](O)[C@@H](CO)O2)c(=O)[nH]c1=O. The van der Waals surface area contributed by atoms with Crippen molar-refractivity contribution in [2.45, 2.75) is 75.9 Å². The molecule has 0 amide bonds. The van der Waals surface area contributed by atoms with Crippen LogP contribution in [0.25, 0.3) is 0 Å². The van der Waals surface area contributed by atoms with Crippen molar-refractivity contribution in [1.82, 2.24) is 14.9 Å². The number of H-pyrrole nitrogens is 1. The van der Waals surface area contributed by atoms with Crippen LogP contribution in [0.3, 0.4) is 0 Å². The van der Waals surface area contributed by atoms with Crippen molar-refractivity contribution in [3.8, 4) is 0 Å². The van der Waals surface area contributed by atoms with Crippen LogP contribution in [0.2, 0.25) is 0 Å². The number of aliphatic hydroxyl groups is 2. The van der Waals surface area contributed by atoms with Crippen LogP contribution in [0.1, 0.15) is 50.5 Å². The van der Waals surface area contributed by atoms with Gasteiger partial charge in [0.15, 0.2) is 5.72 Å². The predicted molar refractivity (Wildman–Crippen MR) is 107 cm³/mol. The molecule has 4 rings (SSSR count). The summed E-state index contributed by atoms with van der Waals surface area (Å²) in [6, 6.07) is 0. The number of aliphatic hydroxyl groups excluding tert-OH is 2. The van der Waals surface area contributed by atoms with Crippen molar-refractivity contribution in [3.05, 3.63) is 32.6 Å². The van der Waals surface area contributed by atoms with Crippen molar-refractivity contribution in [2.24, 2.45) is 0 Å². The first-order valence-corrected chi connectivity index (χ1v) is 10.6. The lowest BCUT2D eigenvalue weighted by Gasteiger charge is -2.40. The Labute approximate surface area is 170 Å². The van der Waals surface area contributed by atoms with Crippen LogP contribution >= 0.6 is 0 Å². The van der Waals surface area contributed by atoms with E-state index in [1.807, 2.05) is 0 Å². The molecule has 164 valence electrons. The minimum atomic E-state index is -1.29. The molecule has 0 radical (unpaired) electrons. The third-order valence-electron chi connectivity index (χ3n) is 5.92. The zero-order valence-corrected chi connectivity index (χ0v) is 17.1. The average molecular weight is 411 g/mol. The highest BCUT2D eigenvalue weighted by Gasteiger charge is 2.53. The molecular weight excluding hydrogens is 378 g/mol. The lowest BCUT2D eigenvalue weighted by molar-refractivity contribution is -0.200. The van der Waals surface area contributed by atoms with E-state index in [9.17, 15) is 19.8 Å². The van der Waals surface area contributed by atoms with Crippen LogP contribution in [0.5, 0.6) is 0 Å². The Kier molecular flexibility index (Phi) is 7.64. The number of nitrogens with zero attached hydrogens (tertiary/aromatic N) is 1. The van der Waals surface area contributed by atoms with Gasteiger partial charge in [-0.25, -0.2) is 4.79 Å². The van der Waals surface area contributed by atoms with Gasteiger partial charge in [0.1, 0.15) is 12.2 Å². The van der Waals surface area contributed by atoms with E-state index in [0.29, 0.717) is 25.3 Å². The highest BCUT2D eigenvalue weighted by molar-refractivity contribution is 5.07. The van der Waals surface area contributed by atoms with Gasteiger partial charge >= 0.3 is 5.69 Å². The van der Waals surface area contributed by atoms with Gasteiger partial charge in [-0.15, -0.1) is 0 Å². The fourth-order valence-electron chi connectivity index (χ4n) is 4.26. The molecule has 1 aromatic rings. The number of nitrogens with one attached hydrogen (secondary N) is 2. The van der Waals surface area contributed by atoms with Crippen molar-refractivity contribution in [3.63, 3.8) is 0 Å². The van der Waals surface area contributed by atoms with Gasteiger partial charge in [0.2, 0.25) is 0 Å². The first kappa shape index (κ1) is 22.2. The largest absolute Gasteiger partial charge is 0.394 e. The molecule has 3 aliphatic rings. The van der Waals surface area contributed by atoms with Crippen molar-refractivity contribution in [2.75, 3.05) is 26.3 Å². The molecule has 3 heterocycles. The Bertz CT molecular complexity index is 757. The molecule has 1 unspecified atom stereocenters. The highest BCUT2D eigenvalue weighted by atomic mass is 16.6. The average Bonchev–Trinajstić information content (AvgIpc) is 3.10. The maximum atomic E-state index is 12.3. The molecule has 9 nitrogen and oxygen atoms in total. The number of hydrogen-bond donors (Lipinski definition) is 4. The Balaban J connectivity index is 0.000000343. The Morgan fingerprint density at radius 2 is 1.86 bits per heavy atom. The molecule has 4 atom stereocenters. The van der Waals surface area contributed by atoms with E-state index in [1.165, 1.54) is 49.3 Å². The van der Waals surface area contributed by atoms with Crippen LogP contribution in [-0.2, 0) is 15.2 Å². The smallest absolute Gasteiger partial charge is 0.330 e. The summed E-state index contributed by atoms with van der Waals surface area (Å²) in [5.74, 6) is 0. The van der Waals surface area contributed by atoms with Gasteiger partial charge in [0.25, 0.3) is 5.56 Å². The monoisotopic (exact) mass is 411 g/mol. The molecule has 2 saturated heterocycles. The van der Waals surface area contributed by atoms with E-state index in [4.69, 9.17) is 9.47 Å². The number of rotatable bonds is 3. The van der Waals surface area contributed by atoms with Gasteiger partial charge < -0.3 is 25.0 Å². The molecule has 1 aliphatic carbocycles. The van der Waals surface area contributed by atoms with E-state index >= 15 is 0 Å². The summed E-state index contributed by atoms with van der Waals surface area (Å²) in [5, 5.41) is 22.7. The number of ether oxygens (including phenoxy) is 2. The topological polar surface area (TPSA) is 126 Å². The van der Waals surface area contributed by atoms with E-state index in [-0.39, 0.29) is 13.0 Å². The quantitative estimate of drug-likeness (QED) is 0.550. The first-order chi connectivity index (χ1) is 14.0. The maximum Gasteiger partial charge on any atom is 0.330 e. The lowest BCUT2D eigenvalue weighted by Crippen LogP contribution is -2.58. The molecule has 0 spiro atoms. The predicted octanol–water partition coefficient (Wildman–Crippen LogP) is -0.0311. The number of morpholine rings is 1. The van der Waals surface area contributed by atoms with Crippen molar-refractivity contribution < 1.29 is 19.7 Å². The molecular formula is C20H33N3O6. The molecule has 9 heteroatoms. The van der Waals surface area contributed by atoms with Gasteiger partial charge in [-0.2, -0.15) is 0 Å². The van der Waals surface area contributed by atoms with Crippen LogP contribution in [0.4, 0.5) is 0 Å². The second-order valence-electron chi connectivity index (χ2n) is 8.08.